The monoisotopic (exact) mass is 408 g/mol. The van der Waals surface area contributed by atoms with Gasteiger partial charge in [-0.25, -0.2) is 0 Å². The van der Waals surface area contributed by atoms with E-state index in [9.17, 15) is 10.2 Å². The summed E-state index contributed by atoms with van der Waals surface area (Å²) < 4.78 is 0. The molecule has 0 amide bonds. The average Bonchev–Trinajstić information content (AvgIpc) is 2.71. The minimum Gasteiger partial charge on any atom is -0.508 e. The molecule has 3 aromatic rings. The zero-order valence-corrected chi connectivity index (χ0v) is 18.5. The Hall–Kier alpha value is -2.45. The van der Waals surface area contributed by atoms with E-state index < -0.39 is 0 Å². The van der Waals surface area contributed by atoms with Gasteiger partial charge < -0.3 is 10.2 Å². The van der Waals surface area contributed by atoms with Crippen molar-refractivity contribution >= 4 is 11.6 Å². The maximum atomic E-state index is 9.90. The third-order valence-electron chi connectivity index (χ3n) is 6.45. The molecule has 3 aromatic carbocycles. The first-order chi connectivity index (χ1) is 13.6. The van der Waals surface area contributed by atoms with Crippen molar-refractivity contribution in [1.29, 1.82) is 0 Å². The SMILES string of the molecule is CCC(C)(c1ccc(C(C)(C)c2ccc(O)c(Cl)c2)cc1)c1ccc(O)c(C)c1. The Kier molecular flexibility index (Phi) is 5.69. The number of aryl methyl sites for hydroxylation is 1. The maximum absolute atomic E-state index is 9.90. The Morgan fingerprint density at radius 2 is 1.24 bits per heavy atom. The van der Waals surface area contributed by atoms with E-state index >= 15 is 0 Å². The van der Waals surface area contributed by atoms with Crippen LogP contribution in [-0.4, -0.2) is 10.2 Å². The molecular weight excluding hydrogens is 380 g/mol. The Morgan fingerprint density at radius 3 is 1.79 bits per heavy atom. The summed E-state index contributed by atoms with van der Waals surface area (Å²) in [5, 5.41) is 20.0. The highest BCUT2D eigenvalue weighted by Crippen LogP contribution is 2.39. The number of aromatic hydroxyl groups is 2. The van der Waals surface area contributed by atoms with Crippen LogP contribution in [-0.2, 0) is 10.8 Å². The van der Waals surface area contributed by atoms with Gasteiger partial charge in [0.2, 0.25) is 0 Å². The molecule has 0 aliphatic rings. The van der Waals surface area contributed by atoms with Gasteiger partial charge in [0.25, 0.3) is 0 Å². The van der Waals surface area contributed by atoms with Gasteiger partial charge in [0.15, 0.2) is 0 Å². The third kappa shape index (κ3) is 3.86. The van der Waals surface area contributed by atoms with Crippen LogP contribution in [0.1, 0.15) is 61.9 Å². The molecule has 0 saturated heterocycles. The summed E-state index contributed by atoms with van der Waals surface area (Å²) in [5.74, 6) is 0.432. The molecule has 2 nitrogen and oxygen atoms in total. The number of benzene rings is 3. The third-order valence-corrected chi connectivity index (χ3v) is 6.76. The van der Waals surface area contributed by atoms with Gasteiger partial charge in [-0.2, -0.15) is 0 Å². The Balaban J connectivity index is 1.99. The quantitative estimate of drug-likeness (QED) is 0.472. The van der Waals surface area contributed by atoms with Gasteiger partial charge >= 0.3 is 0 Å². The number of hydrogen-bond acceptors (Lipinski definition) is 2. The highest BCUT2D eigenvalue weighted by atomic mass is 35.5. The molecule has 3 heteroatoms. The lowest BCUT2D eigenvalue weighted by Gasteiger charge is -2.32. The minimum atomic E-state index is -0.242. The van der Waals surface area contributed by atoms with E-state index in [0.717, 1.165) is 17.5 Å². The number of rotatable bonds is 5. The molecule has 0 bridgehead atoms. The second-order valence-electron chi connectivity index (χ2n) is 8.56. The van der Waals surface area contributed by atoms with E-state index in [4.69, 9.17) is 11.6 Å². The van der Waals surface area contributed by atoms with Crippen molar-refractivity contribution in [2.45, 2.75) is 51.9 Å². The van der Waals surface area contributed by atoms with Crippen molar-refractivity contribution in [3.63, 3.8) is 0 Å². The Bertz CT molecular complexity index is 1020. The molecule has 0 radical (unpaired) electrons. The summed E-state index contributed by atoms with van der Waals surface area (Å²) >= 11 is 6.14. The molecule has 0 fully saturated rings. The second kappa shape index (κ2) is 7.76. The molecule has 0 spiro atoms. The summed E-state index contributed by atoms with van der Waals surface area (Å²) in [6.45, 7) is 10.7. The molecule has 0 aliphatic heterocycles. The fourth-order valence-corrected chi connectivity index (χ4v) is 4.07. The number of hydrogen-bond donors (Lipinski definition) is 2. The first kappa shape index (κ1) is 21.3. The normalized spacial score (nSPS) is 13.9. The van der Waals surface area contributed by atoms with Crippen molar-refractivity contribution < 1.29 is 10.2 Å². The largest absolute Gasteiger partial charge is 0.508 e. The first-order valence-corrected chi connectivity index (χ1v) is 10.4. The van der Waals surface area contributed by atoms with Crippen molar-refractivity contribution in [3.8, 4) is 11.5 Å². The van der Waals surface area contributed by atoms with E-state index in [0.29, 0.717) is 10.8 Å². The van der Waals surface area contributed by atoms with Gasteiger partial charge in [-0.15, -0.1) is 0 Å². The fraction of sp³-hybridized carbons (Fsp3) is 0.308. The van der Waals surface area contributed by atoms with Crippen LogP contribution in [0, 0.1) is 6.92 Å². The molecule has 3 rings (SSSR count). The van der Waals surface area contributed by atoms with Crippen molar-refractivity contribution in [1.82, 2.24) is 0 Å². The first-order valence-electron chi connectivity index (χ1n) is 9.99. The van der Waals surface area contributed by atoms with Gasteiger partial charge in [-0.05, 0) is 59.4 Å². The maximum Gasteiger partial charge on any atom is 0.134 e. The van der Waals surface area contributed by atoms with Crippen molar-refractivity contribution in [3.05, 3.63) is 93.5 Å². The number of phenolic OH excluding ortho intramolecular Hbond substituents is 2. The van der Waals surface area contributed by atoms with E-state index in [1.54, 1.807) is 12.1 Å². The lowest BCUT2D eigenvalue weighted by molar-refractivity contribution is 0.469. The molecule has 0 saturated carbocycles. The highest BCUT2D eigenvalue weighted by molar-refractivity contribution is 6.32. The minimum absolute atomic E-state index is 0.101. The second-order valence-corrected chi connectivity index (χ2v) is 8.96. The molecule has 0 aromatic heterocycles. The smallest absolute Gasteiger partial charge is 0.134 e. The van der Waals surface area contributed by atoms with Crippen molar-refractivity contribution in [2.75, 3.05) is 0 Å². The number of phenols is 2. The van der Waals surface area contributed by atoms with E-state index in [-0.39, 0.29) is 16.6 Å². The lowest BCUT2D eigenvalue weighted by atomic mass is 9.72. The molecular formula is C26H29ClO2. The Morgan fingerprint density at radius 1 is 0.724 bits per heavy atom. The zero-order chi connectivity index (χ0) is 21.4. The molecule has 1 unspecified atom stereocenters. The van der Waals surface area contributed by atoms with E-state index in [1.165, 1.54) is 16.7 Å². The van der Waals surface area contributed by atoms with Gasteiger partial charge in [-0.3, -0.25) is 0 Å². The molecule has 0 heterocycles. The van der Waals surface area contributed by atoms with Crippen LogP contribution in [0.3, 0.4) is 0 Å². The van der Waals surface area contributed by atoms with Crippen LogP contribution < -0.4 is 0 Å². The van der Waals surface area contributed by atoms with Crippen LogP contribution in [0.2, 0.25) is 5.02 Å². The standard InChI is InChI=1S/C26H29ClO2/c1-6-26(5,21-12-13-23(28)17(2)15-21)19-9-7-18(8-10-19)25(3,4)20-11-14-24(29)22(27)16-20/h7-16,28-29H,6H2,1-5H3. The van der Waals surface area contributed by atoms with E-state index in [1.807, 2.05) is 25.1 Å². The lowest BCUT2D eigenvalue weighted by Crippen LogP contribution is -2.24. The summed E-state index contributed by atoms with van der Waals surface area (Å²) in [4.78, 5) is 0. The van der Waals surface area contributed by atoms with E-state index in [2.05, 4.69) is 58.0 Å². The average molecular weight is 409 g/mol. The molecule has 1 atom stereocenters. The van der Waals surface area contributed by atoms with Gasteiger partial charge in [0, 0.05) is 10.8 Å². The summed E-state index contributed by atoms with van der Waals surface area (Å²) in [7, 11) is 0. The predicted molar refractivity (Wildman–Crippen MR) is 121 cm³/mol. The molecule has 29 heavy (non-hydrogen) atoms. The zero-order valence-electron chi connectivity index (χ0n) is 17.8. The van der Waals surface area contributed by atoms with Crippen LogP contribution in [0.4, 0.5) is 0 Å². The number of halogens is 1. The summed E-state index contributed by atoms with van der Waals surface area (Å²) in [5.41, 5.74) is 5.20. The fourth-order valence-electron chi connectivity index (χ4n) is 3.89. The van der Waals surface area contributed by atoms with Gasteiger partial charge in [0.05, 0.1) is 5.02 Å². The van der Waals surface area contributed by atoms with Crippen LogP contribution in [0.25, 0.3) is 0 Å². The topological polar surface area (TPSA) is 40.5 Å². The molecule has 2 N–H and O–H groups in total. The van der Waals surface area contributed by atoms with Crippen molar-refractivity contribution in [2.24, 2.45) is 0 Å². The van der Waals surface area contributed by atoms with Crippen LogP contribution in [0.5, 0.6) is 11.5 Å². The molecule has 152 valence electrons. The van der Waals surface area contributed by atoms with Crippen LogP contribution in [0.15, 0.2) is 60.7 Å². The van der Waals surface area contributed by atoms with Gasteiger partial charge in [0.1, 0.15) is 11.5 Å². The predicted octanol–water partition coefficient (Wildman–Crippen LogP) is 7.10. The summed E-state index contributed by atoms with van der Waals surface area (Å²) in [6.07, 6.45) is 0.952. The highest BCUT2D eigenvalue weighted by Gasteiger charge is 2.29. The summed E-state index contributed by atoms with van der Waals surface area (Å²) in [6, 6.07) is 20.0. The van der Waals surface area contributed by atoms with Crippen LogP contribution >= 0.6 is 11.6 Å². The molecule has 0 aliphatic carbocycles. The van der Waals surface area contributed by atoms with Gasteiger partial charge in [-0.1, -0.05) is 81.8 Å². The Labute approximate surface area is 178 Å².